The van der Waals surface area contributed by atoms with Crippen molar-refractivity contribution in [2.45, 2.75) is 44.7 Å². The molecule has 1 saturated heterocycles. The number of halogens is 1. The van der Waals surface area contributed by atoms with E-state index in [2.05, 4.69) is 0 Å². The molecule has 2 N–H and O–H groups in total. The van der Waals surface area contributed by atoms with E-state index in [1.54, 1.807) is 6.92 Å². The van der Waals surface area contributed by atoms with Gasteiger partial charge < -0.3 is 10.2 Å². The van der Waals surface area contributed by atoms with Crippen LogP contribution in [-0.4, -0.2) is 33.2 Å². The number of aliphatic carboxylic acids is 1. The minimum Gasteiger partial charge on any atom is -0.508 e. The topological polar surface area (TPSA) is 60.8 Å². The first-order valence-electron chi connectivity index (χ1n) is 6.85. The van der Waals surface area contributed by atoms with Crippen LogP contribution in [0.15, 0.2) is 18.2 Å². The van der Waals surface area contributed by atoms with Gasteiger partial charge in [-0.1, -0.05) is 6.07 Å². The van der Waals surface area contributed by atoms with Crippen LogP contribution in [0.2, 0.25) is 0 Å². The summed E-state index contributed by atoms with van der Waals surface area (Å²) in [4.78, 5) is 13.4. The summed E-state index contributed by atoms with van der Waals surface area (Å²) < 4.78 is 14.0. The molecule has 1 aromatic carbocycles. The zero-order chi connectivity index (χ0) is 14.9. The van der Waals surface area contributed by atoms with E-state index in [4.69, 9.17) is 0 Å². The third kappa shape index (κ3) is 2.50. The monoisotopic (exact) mass is 281 g/mol. The van der Waals surface area contributed by atoms with Crippen LogP contribution < -0.4 is 0 Å². The Morgan fingerprint density at radius 1 is 1.45 bits per heavy atom. The first kappa shape index (κ1) is 14.8. The molecule has 1 aromatic rings. The number of hydrogen-bond donors (Lipinski definition) is 2. The zero-order valence-corrected chi connectivity index (χ0v) is 11.8. The van der Waals surface area contributed by atoms with Crippen molar-refractivity contribution in [3.8, 4) is 5.75 Å². The largest absolute Gasteiger partial charge is 0.508 e. The van der Waals surface area contributed by atoms with Gasteiger partial charge in [0.05, 0.1) is 0 Å². The minimum absolute atomic E-state index is 0.127. The summed E-state index contributed by atoms with van der Waals surface area (Å²) in [6, 6.07) is 3.66. The Morgan fingerprint density at radius 3 is 2.75 bits per heavy atom. The molecule has 0 saturated carbocycles. The number of carboxylic acids is 1. The van der Waals surface area contributed by atoms with Gasteiger partial charge in [0.1, 0.15) is 17.1 Å². The van der Waals surface area contributed by atoms with Gasteiger partial charge in [-0.25, -0.2) is 4.39 Å². The smallest absolute Gasteiger partial charge is 0.323 e. The number of aromatic hydroxyl groups is 1. The van der Waals surface area contributed by atoms with Crippen LogP contribution in [0, 0.1) is 5.82 Å². The summed E-state index contributed by atoms with van der Waals surface area (Å²) in [6.07, 6.45) is 2.34. The van der Waals surface area contributed by atoms with E-state index in [1.165, 1.54) is 12.1 Å². The van der Waals surface area contributed by atoms with Crippen LogP contribution in [0.5, 0.6) is 5.75 Å². The molecular weight excluding hydrogens is 261 g/mol. The van der Waals surface area contributed by atoms with Gasteiger partial charge in [0, 0.05) is 17.7 Å². The molecular formula is C15H20FNO3. The number of rotatable bonds is 3. The predicted octanol–water partition coefficient (Wildman–Crippen LogP) is 2.92. The van der Waals surface area contributed by atoms with Gasteiger partial charge in [-0.3, -0.25) is 9.69 Å². The molecule has 20 heavy (non-hydrogen) atoms. The summed E-state index contributed by atoms with van der Waals surface area (Å²) in [5, 5.41) is 18.8. The lowest BCUT2D eigenvalue weighted by molar-refractivity contribution is -0.155. The van der Waals surface area contributed by atoms with Crippen molar-refractivity contribution < 1.29 is 19.4 Å². The van der Waals surface area contributed by atoms with Gasteiger partial charge in [-0.2, -0.15) is 0 Å². The maximum absolute atomic E-state index is 14.0. The number of nitrogens with zero attached hydrogens (tertiary/aromatic N) is 1. The van der Waals surface area contributed by atoms with E-state index in [0.717, 1.165) is 18.9 Å². The summed E-state index contributed by atoms with van der Waals surface area (Å²) in [7, 11) is 0. The highest BCUT2D eigenvalue weighted by atomic mass is 19.1. The quantitative estimate of drug-likeness (QED) is 0.894. The summed E-state index contributed by atoms with van der Waals surface area (Å²) in [5.74, 6) is -1.50. The molecule has 110 valence electrons. The Hall–Kier alpha value is -1.62. The summed E-state index contributed by atoms with van der Waals surface area (Å²) >= 11 is 0. The van der Waals surface area contributed by atoms with Gasteiger partial charge in [0.15, 0.2) is 0 Å². The molecule has 0 aliphatic carbocycles. The number of carboxylic acid groups (broad SMARTS) is 1. The van der Waals surface area contributed by atoms with E-state index in [9.17, 15) is 19.4 Å². The van der Waals surface area contributed by atoms with Crippen molar-refractivity contribution in [1.82, 2.24) is 4.90 Å². The third-order valence-electron chi connectivity index (χ3n) is 4.31. The second-order valence-electron chi connectivity index (χ2n) is 5.61. The van der Waals surface area contributed by atoms with E-state index in [0.29, 0.717) is 18.5 Å². The molecule has 0 amide bonds. The average Bonchev–Trinajstić information content (AvgIpc) is 2.38. The van der Waals surface area contributed by atoms with E-state index < -0.39 is 17.3 Å². The van der Waals surface area contributed by atoms with Crippen LogP contribution in [0.1, 0.15) is 44.7 Å². The fraction of sp³-hybridized carbons (Fsp3) is 0.533. The Bertz CT molecular complexity index is 520. The van der Waals surface area contributed by atoms with Crippen LogP contribution >= 0.6 is 0 Å². The van der Waals surface area contributed by atoms with Crippen LogP contribution in [0.4, 0.5) is 4.39 Å². The van der Waals surface area contributed by atoms with Crippen LogP contribution in [0.3, 0.4) is 0 Å². The van der Waals surface area contributed by atoms with Crippen LogP contribution in [0.25, 0.3) is 0 Å². The SMILES string of the molecule is CC(c1ccc(O)cc1F)N1CCCCC1(C)C(=O)O. The lowest BCUT2D eigenvalue weighted by Gasteiger charge is -2.45. The molecule has 1 aliphatic heterocycles. The molecule has 0 bridgehead atoms. The maximum atomic E-state index is 14.0. The molecule has 0 radical (unpaired) electrons. The molecule has 5 heteroatoms. The Kier molecular flexibility index (Phi) is 3.99. The number of phenols is 1. The van der Waals surface area contributed by atoms with Crippen molar-refractivity contribution in [1.29, 1.82) is 0 Å². The number of benzene rings is 1. The molecule has 0 spiro atoms. The standard InChI is InChI=1S/C15H20FNO3/c1-10(12-6-5-11(18)9-13(12)16)17-8-4-3-7-15(17,2)14(19)20/h5-6,9-10,18H,3-4,7-8H2,1-2H3,(H,19,20). The lowest BCUT2D eigenvalue weighted by Crippen LogP contribution is -2.55. The van der Waals surface area contributed by atoms with Gasteiger partial charge in [-0.05, 0) is 45.7 Å². The first-order valence-corrected chi connectivity index (χ1v) is 6.85. The van der Waals surface area contributed by atoms with Gasteiger partial charge in [0.25, 0.3) is 0 Å². The molecule has 2 atom stereocenters. The van der Waals surface area contributed by atoms with E-state index in [1.807, 2.05) is 11.8 Å². The molecule has 0 aromatic heterocycles. The van der Waals surface area contributed by atoms with E-state index in [-0.39, 0.29) is 11.8 Å². The highest BCUT2D eigenvalue weighted by Crippen LogP contribution is 2.36. The number of carbonyl (C=O) groups is 1. The number of phenolic OH excluding ortho intramolecular Hbond substituents is 1. The van der Waals surface area contributed by atoms with Crippen molar-refractivity contribution in [3.63, 3.8) is 0 Å². The molecule has 4 nitrogen and oxygen atoms in total. The number of piperidine rings is 1. The average molecular weight is 281 g/mol. The molecule has 2 rings (SSSR count). The number of likely N-dealkylation sites (tertiary alicyclic amines) is 1. The number of hydrogen-bond acceptors (Lipinski definition) is 3. The van der Waals surface area contributed by atoms with Crippen molar-refractivity contribution in [3.05, 3.63) is 29.6 Å². The maximum Gasteiger partial charge on any atom is 0.323 e. The second-order valence-corrected chi connectivity index (χ2v) is 5.61. The fourth-order valence-electron chi connectivity index (χ4n) is 3.02. The predicted molar refractivity (Wildman–Crippen MR) is 73.1 cm³/mol. The Balaban J connectivity index is 2.35. The summed E-state index contributed by atoms with van der Waals surface area (Å²) in [5.41, 5.74) is -0.556. The highest BCUT2D eigenvalue weighted by molar-refractivity contribution is 5.78. The van der Waals surface area contributed by atoms with Crippen LogP contribution in [-0.2, 0) is 4.79 Å². The van der Waals surface area contributed by atoms with Gasteiger partial charge in [-0.15, -0.1) is 0 Å². The van der Waals surface area contributed by atoms with Gasteiger partial charge >= 0.3 is 5.97 Å². The molecule has 1 fully saturated rings. The van der Waals surface area contributed by atoms with Gasteiger partial charge in [0.2, 0.25) is 0 Å². The molecule has 1 heterocycles. The second kappa shape index (κ2) is 5.40. The Labute approximate surface area is 117 Å². The fourth-order valence-corrected chi connectivity index (χ4v) is 3.02. The Morgan fingerprint density at radius 2 is 2.15 bits per heavy atom. The summed E-state index contributed by atoms with van der Waals surface area (Å²) in [6.45, 7) is 4.13. The minimum atomic E-state index is -0.970. The first-order chi connectivity index (χ1) is 9.36. The lowest BCUT2D eigenvalue weighted by atomic mass is 9.86. The van der Waals surface area contributed by atoms with E-state index >= 15 is 0 Å². The zero-order valence-electron chi connectivity index (χ0n) is 11.8. The normalized spacial score (nSPS) is 25.4. The van der Waals surface area contributed by atoms with Crippen molar-refractivity contribution >= 4 is 5.97 Å². The highest BCUT2D eigenvalue weighted by Gasteiger charge is 2.44. The van der Waals surface area contributed by atoms with Crippen molar-refractivity contribution in [2.24, 2.45) is 0 Å². The molecule has 1 aliphatic rings. The van der Waals surface area contributed by atoms with Crippen molar-refractivity contribution in [2.75, 3.05) is 6.54 Å². The molecule has 2 unspecified atom stereocenters. The third-order valence-corrected chi connectivity index (χ3v) is 4.31.